The van der Waals surface area contributed by atoms with Crippen molar-refractivity contribution in [2.75, 3.05) is 20.3 Å². The number of fused-ring (bicyclic) bond motifs is 1. The maximum absolute atomic E-state index is 12.9. The first-order chi connectivity index (χ1) is 15.6. The molecule has 4 aromatic rings. The number of aromatic nitrogens is 1. The summed E-state index contributed by atoms with van der Waals surface area (Å²) in [6.07, 6.45) is 2.03. The number of hydrogen-bond donors (Lipinski definition) is 2. The highest BCUT2D eigenvalue weighted by atomic mass is 16.5. The number of aromatic amines is 1. The molecule has 0 radical (unpaired) electrons. The largest absolute Gasteiger partial charge is 0.493 e. The van der Waals surface area contributed by atoms with Gasteiger partial charge >= 0.3 is 0 Å². The lowest BCUT2D eigenvalue weighted by Gasteiger charge is -2.20. The fourth-order valence-corrected chi connectivity index (χ4v) is 4.08. The Morgan fingerprint density at radius 1 is 1.03 bits per heavy atom. The highest BCUT2D eigenvalue weighted by Crippen LogP contribution is 2.36. The Morgan fingerprint density at radius 2 is 1.81 bits per heavy atom. The smallest absolute Gasteiger partial charge is 0.251 e. The Morgan fingerprint density at radius 3 is 2.59 bits per heavy atom. The average Bonchev–Trinajstić information content (AvgIpc) is 3.24. The number of para-hydroxylation sites is 1. The molecule has 0 aliphatic rings. The topological polar surface area (TPSA) is 63.3 Å². The molecule has 32 heavy (non-hydrogen) atoms. The van der Waals surface area contributed by atoms with E-state index in [0.717, 1.165) is 27.6 Å². The number of hydrogen-bond acceptors (Lipinski definition) is 3. The number of benzene rings is 3. The summed E-state index contributed by atoms with van der Waals surface area (Å²) >= 11 is 0. The number of aryl methyl sites for hydroxylation is 1. The van der Waals surface area contributed by atoms with E-state index in [9.17, 15) is 4.79 Å². The van der Waals surface area contributed by atoms with Gasteiger partial charge in [-0.15, -0.1) is 0 Å². The normalized spacial score (nSPS) is 11.8. The summed E-state index contributed by atoms with van der Waals surface area (Å²) in [5.41, 5.74) is 4.87. The molecule has 0 saturated carbocycles. The van der Waals surface area contributed by atoms with Crippen LogP contribution in [0.4, 0.5) is 0 Å². The number of carbonyl (C=O) groups is 1. The van der Waals surface area contributed by atoms with E-state index in [2.05, 4.69) is 22.4 Å². The predicted octanol–water partition coefficient (Wildman–Crippen LogP) is 5.45. The predicted molar refractivity (Wildman–Crippen MR) is 128 cm³/mol. The van der Waals surface area contributed by atoms with Crippen LogP contribution in [0.25, 0.3) is 10.9 Å². The van der Waals surface area contributed by atoms with E-state index in [1.807, 2.05) is 74.6 Å². The maximum Gasteiger partial charge on any atom is 0.251 e. The average molecular weight is 429 g/mol. The van der Waals surface area contributed by atoms with E-state index in [4.69, 9.17) is 9.47 Å². The molecule has 2 N–H and O–H groups in total. The second kappa shape index (κ2) is 9.60. The van der Waals surface area contributed by atoms with Crippen molar-refractivity contribution in [3.63, 3.8) is 0 Å². The van der Waals surface area contributed by atoms with Gasteiger partial charge in [-0.25, -0.2) is 0 Å². The molecule has 0 aliphatic carbocycles. The summed E-state index contributed by atoms with van der Waals surface area (Å²) in [7, 11) is 1.64. The lowest BCUT2D eigenvalue weighted by atomic mass is 9.90. The van der Waals surface area contributed by atoms with Crippen molar-refractivity contribution >= 4 is 16.8 Å². The van der Waals surface area contributed by atoms with Crippen molar-refractivity contribution in [2.24, 2.45) is 0 Å². The summed E-state index contributed by atoms with van der Waals surface area (Å²) in [6.45, 7) is 4.91. The van der Waals surface area contributed by atoms with E-state index in [-0.39, 0.29) is 11.8 Å². The van der Waals surface area contributed by atoms with Crippen LogP contribution >= 0.6 is 0 Å². The van der Waals surface area contributed by atoms with Crippen molar-refractivity contribution in [3.05, 3.63) is 95.2 Å². The van der Waals surface area contributed by atoms with Crippen LogP contribution in [0.1, 0.15) is 39.9 Å². The number of H-pyrrole nitrogens is 1. The van der Waals surface area contributed by atoms with Gasteiger partial charge in [-0.2, -0.15) is 0 Å². The third kappa shape index (κ3) is 4.33. The van der Waals surface area contributed by atoms with Crippen LogP contribution < -0.4 is 14.8 Å². The number of amides is 1. The third-order valence-electron chi connectivity index (χ3n) is 5.74. The zero-order valence-corrected chi connectivity index (χ0v) is 18.6. The van der Waals surface area contributed by atoms with E-state index in [1.54, 1.807) is 7.11 Å². The standard InChI is InChI=1S/C27H28N2O3/c1-4-32-25-14-13-19(15-26(25)31-3)22(23-17-28-24-12-8-7-11-21(23)24)16-29-27(30)20-10-6-5-9-18(20)2/h5-15,17,22,28H,4,16H2,1-3H3,(H,29,30). The van der Waals surface area contributed by atoms with Gasteiger partial charge in [0, 0.05) is 35.1 Å². The van der Waals surface area contributed by atoms with E-state index < -0.39 is 0 Å². The Balaban J connectivity index is 1.71. The number of ether oxygens (including phenoxy) is 2. The lowest BCUT2D eigenvalue weighted by molar-refractivity contribution is 0.0952. The van der Waals surface area contributed by atoms with Crippen molar-refractivity contribution in [3.8, 4) is 11.5 Å². The van der Waals surface area contributed by atoms with Gasteiger partial charge < -0.3 is 19.8 Å². The van der Waals surface area contributed by atoms with Gasteiger partial charge in [-0.3, -0.25) is 4.79 Å². The van der Waals surface area contributed by atoms with Crippen LogP contribution in [0.5, 0.6) is 11.5 Å². The molecule has 0 spiro atoms. The third-order valence-corrected chi connectivity index (χ3v) is 5.74. The van der Waals surface area contributed by atoms with Gasteiger partial charge in [0.05, 0.1) is 13.7 Å². The van der Waals surface area contributed by atoms with Gasteiger partial charge in [0.2, 0.25) is 0 Å². The molecule has 1 atom stereocenters. The van der Waals surface area contributed by atoms with Gasteiger partial charge in [0.15, 0.2) is 11.5 Å². The molecule has 5 nitrogen and oxygen atoms in total. The first-order valence-corrected chi connectivity index (χ1v) is 10.8. The van der Waals surface area contributed by atoms with Crippen LogP contribution in [0.3, 0.4) is 0 Å². The van der Waals surface area contributed by atoms with Gasteiger partial charge in [-0.05, 0) is 54.8 Å². The number of carbonyl (C=O) groups excluding carboxylic acids is 1. The molecular weight excluding hydrogens is 400 g/mol. The van der Waals surface area contributed by atoms with Crippen molar-refractivity contribution < 1.29 is 14.3 Å². The Labute approximate surface area is 188 Å². The minimum Gasteiger partial charge on any atom is -0.493 e. The second-order valence-electron chi connectivity index (χ2n) is 7.71. The van der Waals surface area contributed by atoms with Gasteiger partial charge in [0.1, 0.15) is 0 Å². The molecule has 3 aromatic carbocycles. The molecule has 1 aromatic heterocycles. The number of nitrogens with one attached hydrogen (secondary N) is 2. The number of methoxy groups -OCH3 is 1. The lowest BCUT2D eigenvalue weighted by Crippen LogP contribution is -2.29. The molecule has 1 heterocycles. The van der Waals surface area contributed by atoms with Crippen LogP contribution in [0, 0.1) is 6.92 Å². The fraction of sp³-hybridized carbons (Fsp3) is 0.222. The first kappa shape index (κ1) is 21.5. The van der Waals surface area contributed by atoms with Crippen LogP contribution in [0.2, 0.25) is 0 Å². The molecular formula is C27H28N2O3. The summed E-state index contributed by atoms with van der Waals surface area (Å²) < 4.78 is 11.3. The van der Waals surface area contributed by atoms with E-state index in [0.29, 0.717) is 30.2 Å². The summed E-state index contributed by atoms with van der Waals surface area (Å²) in [5.74, 6) is 1.24. The first-order valence-electron chi connectivity index (χ1n) is 10.8. The van der Waals surface area contributed by atoms with Gasteiger partial charge in [-0.1, -0.05) is 42.5 Å². The SMILES string of the molecule is CCOc1ccc(C(CNC(=O)c2ccccc2C)c2c[nH]c3ccccc23)cc1OC. The molecule has 0 saturated heterocycles. The van der Waals surface area contributed by atoms with Crippen molar-refractivity contribution in [1.29, 1.82) is 0 Å². The zero-order valence-electron chi connectivity index (χ0n) is 18.6. The molecule has 0 aliphatic heterocycles. The summed E-state index contributed by atoms with van der Waals surface area (Å²) in [6, 6.07) is 21.8. The monoisotopic (exact) mass is 428 g/mol. The minimum absolute atomic E-state index is 0.0660. The fourth-order valence-electron chi connectivity index (χ4n) is 4.08. The Kier molecular flexibility index (Phi) is 6.45. The Bertz CT molecular complexity index is 1230. The van der Waals surface area contributed by atoms with Crippen LogP contribution in [0.15, 0.2) is 72.9 Å². The molecule has 1 unspecified atom stereocenters. The maximum atomic E-state index is 12.9. The highest BCUT2D eigenvalue weighted by molar-refractivity contribution is 5.95. The van der Waals surface area contributed by atoms with E-state index in [1.165, 1.54) is 0 Å². The van der Waals surface area contributed by atoms with Crippen molar-refractivity contribution in [2.45, 2.75) is 19.8 Å². The zero-order chi connectivity index (χ0) is 22.5. The van der Waals surface area contributed by atoms with E-state index >= 15 is 0 Å². The molecule has 5 heteroatoms. The van der Waals surface area contributed by atoms with Crippen LogP contribution in [-0.4, -0.2) is 31.2 Å². The Hall–Kier alpha value is -3.73. The molecule has 0 fully saturated rings. The highest BCUT2D eigenvalue weighted by Gasteiger charge is 2.21. The summed E-state index contributed by atoms with van der Waals surface area (Å²) in [5, 5.41) is 4.28. The molecule has 0 bridgehead atoms. The number of rotatable bonds is 8. The molecule has 1 amide bonds. The minimum atomic E-state index is -0.0779. The molecule has 164 valence electrons. The molecule has 4 rings (SSSR count). The summed E-state index contributed by atoms with van der Waals surface area (Å²) in [4.78, 5) is 16.3. The van der Waals surface area contributed by atoms with Crippen molar-refractivity contribution in [1.82, 2.24) is 10.3 Å². The second-order valence-corrected chi connectivity index (χ2v) is 7.71. The van der Waals surface area contributed by atoms with Gasteiger partial charge in [0.25, 0.3) is 5.91 Å². The van der Waals surface area contributed by atoms with Crippen LogP contribution in [-0.2, 0) is 0 Å². The quantitative estimate of drug-likeness (QED) is 0.392.